The zero-order valence-corrected chi connectivity index (χ0v) is 13.5. The number of nitrogens with zero attached hydrogens (tertiary/aromatic N) is 1. The van der Waals surface area contributed by atoms with E-state index in [1.165, 1.54) is 0 Å². The Morgan fingerprint density at radius 3 is 2.73 bits per heavy atom. The molecule has 1 atom stereocenters. The fourth-order valence-corrected chi connectivity index (χ4v) is 2.18. The maximum absolute atomic E-state index is 12.2. The van der Waals surface area contributed by atoms with E-state index in [-0.39, 0.29) is 11.9 Å². The van der Waals surface area contributed by atoms with E-state index in [4.69, 9.17) is 9.47 Å². The van der Waals surface area contributed by atoms with Crippen LogP contribution >= 0.6 is 0 Å². The molecule has 0 aliphatic carbocycles. The third-order valence-corrected chi connectivity index (χ3v) is 3.44. The van der Waals surface area contributed by atoms with Crippen molar-refractivity contribution in [2.24, 2.45) is 0 Å². The number of fused-ring (bicyclic) bond motifs is 1. The van der Waals surface area contributed by atoms with Gasteiger partial charge < -0.3 is 25.0 Å². The fourth-order valence-electron chi connectivity index (χ4n) is 2.18. The lowest BCUT2D eigenvalue weighted by Crippen LogP contribution is -2.39. The summed E-state index contributed by atoms with van der Waals surface area (Å²) in [5, 5.41) is 6.12. The number of carbonyl (C=O) groups excluding carboxylic acids is 1. The van der Waals surface area contributed by atoms with Crippen LogP contribution in [-0.4, -0.2) is 57.2 Å². The lowest BCUT2D eigenvalue weighted by Gasteiger charge is -2.20. The molecule has 0 radical (unpaired) electrons. The highest BCUT2D eigenvalue weighted by Crippen LogP contribution is 2.32. The Morgan fingerprint density at radius 1 is 1.27 bits per heavy atom. The van der Waals surface area contributed by atoms with Crippen LogP contribution in [0.3, 0.4) is 0 Å². The SMILES string of the molecule is CC(NCCCN(C)C)C(=O)Nc1ccc2c(c1)OCCO2. The van der Waals surface area contributed by atoms with Crippen molar-refractivity contribution in [3.05, 3.63) is 18.2 Å². The van der Waals surface area contributed by atoms with Gasteiger partial charge in [-0.1, -0.05) is 0 Å². The van der Waals surface area contributed by atoms with Crippen molar-refractivity contribution in [1.82, 2.24) is 10.2 Å². The summed E-state index contributed by atoms with van der Waals surface area (Å²) in [5.74, 6) is 1.34. The lowest BCUT2D eigenvalue weighted by molar-refractivity contribution is -0.117. The summed E-state index contributed by atoms with van der Waals surface area (Å²) in [6, 6.07) is 5.20. The smallest absolute Gasteiger partial charge is 0.241 e. The predicted molar refractivity (Wildman–Crippen MR) is 86.7 cm³/mol. The molecule has 1 aliphatic heterocycles. The second-order valence-corrected chi connectivity index (χ2v) is 5.68. The quantitative estimate of drug-likeness (QED) is 0.744. The number of nitrogens with one attached hydrogen (secondary N) is 2. The van der Waals surface area contributed by atoms with Crippen molar-refractivity contribution in [3.8, 4) is 11.5 Å². The van der Waals surface area contributed by atoms with Gasteiger partial charge in [-0.2, -0.15) is 0 Å². The number of rotatable bonds is 7. The minimum Gasteiger partial charge on any atom is -0.486 e. The zero-order chi connectivity index (χ0) is 15.9. The van der Waals surface area contributed by atoms with Gasteiger partial charge >= 0.3 is 0 Å². The molecule has 6 heteroatoms. The van der Waals surface area contributed by atoms with Crippen LogP contribution in [0.1, 0.15) is 13.3 Å². The predicted octanol–water partition coefficient (Wildman–Crippen LogP) is 1.33. The number of hydrogen-bond acceptors (Lipinski definition) is 5. The number of hydrogen-bond donors (Lipinski definition) is 2. The van der Waals surface area contributed by atoms with E-state index in [1.54, 1.807) is 6.07 Å². The normalized spacial score (nSPS) is 14.7. The van der Waals surface area contributed by atoms with Gasteiger partial charge in [0.1, 0.15) is 13.2 Å². The zero-order valence-electron chi connectivity index (χ0n) is 13.5. The molecule has 22 heavy (non-hydrogen) atoms. The molecule has 6 nitrogen and oxygen atoms in total. The van der Waals surface area contributed by atoms with Crippen molar-refractivity contribution in [1.29, 1.82) is 0 Å². The number of benzene rings is 1. The van der Waals surface area contributed by atoms with Gasteiger partial charge in [0.05, 0.1) is 6.04 Å². The molecule has 0 aromatic heterocycles. The molecule has 0 saturated carbocycles. The van der Waals surface area contributed by atoms with Crippen molar-refractivity contribution < 1.29 is 14.3 Å². The Labute approximate surface area is 131 Å². The molecule has 1 aromatic carbocycles. The average Bonchev–Trinajstić information content (AvgIpc) is 2.51. The Bertz CT molecular complexity index is 505. The largest absolute Gasteiger partial charge is 0.486 e. The molecule has 0 bridgehead atoms. The summed E-state index contributed by atoms with van der Waals surface area (Å²) in [6.45, 7) is 4.78. The van der Waals surface area contributed by atoms with E-state index in [0.717, 1.165) is 30.9 Å². The molecular weight excluding hydrogens is 282 g/mol. The van der Waals surface area contributed by atoms with Gasteiger partial charge in [-0.05, 0) is 52.7 Å². The summed E-state index contributed by atoms with van der Waals surface area (Å²) < 4.78 is 11.0. The molecule has 0 saturated heterocycles. The van der Waals surface area contributed by atoms with Crippen molar-refractivity contribution >= 4 is 11.6 Å². The Kier molecular flexibility index (Phi) is 6.03. The summed E-state index contributed by atoms with van der Waals surface area (Å²) >= 11 is 0. The van der Waals surface area contributed by atoms with E-state index >= 15 is 0 Å². The minimum absolute atomic E-state index is 0.0541. The highest BCUT2D eigenvalue weighted by Gasteiger charge is 2.15. The summed E-state index contributed by atoms with van der Waals surface area (Å²) in [5.41, 5.74) is 0.719. The van der Waals surface area contributed by atoms with Crippen molar-refractivity contribution in [2.45, 2.75) is 19.4 Å². The Balaban J connectivity index is 1.80. The van der Waals surface area contributed by atoms with Crippen molar-refractivity contribution in [3.63, 3.8) is 0 Å². The number of carbonyl (C=O) groups is 1. The van der Waals surface area contributed by atoms with E-state index in [0.29, 0.717) is 19.0 Å². The monoisotopic (exact) mass is 307 g/mol. The first kappa shape index (κ1) is 16.6. The van der Waals surface area contributed by atoms with Crippen molar-refractivity contribution in [2.75, 3.05) is 45.7 Å². The van der Waals surface area contributed by atoms with Gasteiger partial charge in [-0.15, -0.1) is 0 Å². The molecule has 1 amide bonds. The van der Waals surface area contributed by atoms with E-state index < -0.39 is 0 Å². The summed E-state index contributed by atoms with van der Waals surface area (Å²) in [7, 11) is 4.08. The van der Waals surface area contributed by atoms with Gasteiger partial charge in [0.2, 0.25) is 5.91 Å². The van der Waals surface area contributed by atoms with E-state index in [1.807, 2.05) is 33.2 Å². The number of ether oxygens (including phenoxy) is 2. The number of amides is 1. The lowest BCUT2D eigenvalue weighted by atomic mass is 10.2. The molecule has 122 valence electrons. The maximum Gasteiger partial charge on any atom is 0.241 e. The molecule has 1 unspecified atom stereocenters. The molecule has 0 fully saturated rings. The molecular formula is C16H25N3O3. The third kappa shape index (κ3) is 4.89. The van der Waals surface area contributed by atoms with Gasteiger partial charge in [0.25, 0.3) is 0 Å². The highest BCUT2D eigenvalue weighted by atomic mass is 16.6. The first-order chi connectivity index (χ1) is 10.6. The van der Waals surface area contributed by atoms with Gasteiger partial charge in [0.15, 0.2) is 11.5 Å². The third-order valence-electron chi connectivity index (χ3n) is 3.44. The van der Waals surface area contributed by atoms with Crippen LogP contribution in [0.4, 0.5) is 5.69 Å². The van der Waals surface area contributed by atoms with Gasteiger partial charge in [0, 0.05) is 11.8 Å². The van der Waals surface area contributed by atoms with Crippen LogP contribution < -0.4 is 20.1 Å². The summed E-state index contributed by atoms with van der Waals surface area (Å²) in [6.07, 6.45) is 1.01. The van der Waals surface area contributed by atoms with E-state index in [9.17, 15) is 4.79 Å². The van der Waals surface area contributed by atoms with Crippen LogP contribution in [0, 0.1) is 0 Å². The van der Waals surface area contributed by atoms with Crippen LogP contribution in [0.25, 0.3) is 0 Å². The summed E-state index contributed by atoms with van der Waals surface area (Å²) in [4.78, 5) is 14.3. The second-order valence-electron chi connectivity index (χ2n) is 5.68. The fraction of sp³-hybridized carbons (Fsp3) is 0.562. The molecule has 1 heterocycles. The Morgan fingerprint density at radius 2 is 2.00 bits per heavy atom. The minimum atomic E-state index is -0.240. The second kappa shape index (κ2) is 8.00. The van der Waals surface area contributed by atoms with Crippen LogP contribution in [0.15, 0.2) is 18.2 Å². The first-order valence-electron chi connectivity index (χ1n) is 7.65. The molecule has 1 aliphatic rings. The molecule has 2 rings (SSSR count). The standard InChI is InChI=1S/C16H25N3O3/c1-12(17-7-4-8-19(2)3)16(20)18-13-5-6-14-15(11-13)22-10-9-21-14/h5-6,11-12,17H,4,7-10H2,1-3H3,(H,18,20). The number of anilines is 1. The van der Waals surface area contributed by atoms with Crippen LogP contribution in [0.2, 0.25) is 0 Å². The topological polar surface area (TPSA) is 62.8 Å². The first-order valence-corrected chi connectivity index (χ1v) is 7.65. The molecule has 2 N–H and O–H groups in total. The van der Waals surface area contributed by atoms with Crippen LogP contribution in [0.5, 0.6) is 11.5 Å². The maximum atomic E-state index is 12.2. The molecule has 1 aromatic rings. The molecule has 0 spiro atoms. The highest BCUT2D eigenvalue weighted by molar-refractivity contribution is 5.94. The average molecular weight is 307 g/mol. The van der Waals surface area contributed by atoms with Gasteiger partial charge in [-0.25, -0.2) is 0 Å². The van der Waals surface area contributed by atoms with Crippen LogP contribution in [-0.2, 0) is 4.79 Å². The van der Waals surface area contributed by atoms with E-state index in [2.05, 4.69) is 15.5 Å². The van der Waals surface area contributed by atoms with Gasteiger partial charge in [-0.3, -0.25) is 4.79 Å². The Hall–Kier alpha value is -1.79.